The van der Waals surface area contributed by atoms with Crippen molar-refractivity contribution in [2.24, 2.45) is 0 Å². The lowest BCUT2D eigenvalue weighted by molar-refractivity contribution is -0.129. The summed E-state index contributed by atoms with van der Waals surface area (Å²) in [6, 6.07) is 3.07. The molecule has 1 N–H and O–H groups in total. The molecule has 0 aliphatic rings. The Hall–Kier alpha value is -2.11. The third-order valence-electron chi connectivity index (χ3n) is 2.90. The normalized spacial score (nSPS) is 10.1. The van der Waals surface area contributed by atoms with Crippen LogP contribution in [-0.4, -0.2) is 53.5 Å². The second-order valence-electron chi connectivity index (χ2n) is 4.13. The van der Waals surface area contributed by atoms with Crippen LogP contribution in [0.15, 0.2) is 18.3 Å². The Kier molecular flexibility index (Phi) is 5.29. The molecule has 1 aromatic rings. The van der Waals surface area contributed by atoms with Crippen molar-refractivity contribution in [1.82, 2.24) is 9.88 Å². The minimum Gasteiger partial charge on any atom is -0.477 e. The number of rotatable bonds is 6. The molecule has 0 aliphatic carbocycles. The van der Waals surface area contributed by atoms with E-state index in [-0.39, 0.29) is 18.1 Å². The molecule has 1 rings (SSSR count). The van der Waals surface area contributed by atoms with Crippen molar-refractivity contribution < 1.29 is 14.7 Å². The topological polar surface area (TPSA) is 73.7 Å². The predicted molar refractivity (Wildman–Crippen MR) is 72.4 cm³/mol. The highest BCUT2D eigenvalue weighted by Gasteiger charge is 2.13. The lowest BCUT2D eigenvalue weighted by Gasteiger charge is -2.24. The third-order valence-corrected chi connectivity index (χ3v) is 2.90. The smallest absolute Gasteiger partial charge is 0.354 e. The number of aromatic nitrogens is 1. The van der Waals surface area contributed by atoms with Crippen LogP contribution in [0.5, 0.6) is 0 Å². The maximum Gasteiger partial charge on any atom is 0.354 e. The summed E-state index contributed by atoms with van der Waals surface area (Å²) >= 11 is 0. The van der Waals surface area contributed by atoms with Crippen LogP contribution in [0.25, 0.3) is 0 Å². The zero-order valence-corrected chi connectivity index (χ0v) is 11.5. The molecule has 1 amide bonds. The van der Waals surface area contributed by atoms with Crippen LogP contribution in [0.1, 0.15) is 24.3 Å². The van der Waals surface area contributed by atoms with Crippen molar-refractivity contribution in [3.8, 4) is 0 Å². The van der Waals surface area contributed by atoms with Crippen LogP contribution in [0.2, 0.25) is 0 Å². The quantitative estimate of drug-likeness (QED) is 0.833. The lowest BCUT2D eigenvalue weighted by Crippen LogP contribution is -2.38. The summed E-state index contributed by atoms with van der Waals surface area (Å²) in [5, 5.41) is 8.76. The molecule has 0 saturated heterocycles. The highest BCUT2D eigenvalue weighted by atomic mass is 16.4. The second-order valence-corrected chi connectivity index (χ2v) is 4.13. The molecule has 1 heterocycles. The van der Waals surface area contributed by atoms with Crippen LogP contribution in [0.3, 0.4) is 0 Å². The molecule has 6 nitrogen and oxygen atoms in total. The molecule has 0 aliphatic heterocycles. The zero-order chi connectivity index (χ0) is 14.4. The van der Waals surface area contributed by atoms with E-state index < -0.39 is 5.97 Å². The van der Waals surface area contributed by atoms with Gasteiger partial charge in [-0.1, -0.05) is 0 Å². The number of hydrogen-bond donors (Lipinski definition) is 1. The second kappa shape index (κ2) is 6.72. The summed E-state index contributed by atoms with van der Waals surface area (Å²) in [5.41, 5.74) is 0.706. The van der Waals surface area contributed by atoms with Crippen molar-refractivity contribution in [2.75, 3.05) is 31.6 Å². The minimum atomic E-state index is -1.06. The molecule has 0 atom stereocenters. The number of carbonyl (C=O) groups is 2. The molecule has 0 unspecified atom stereocenters. The average molecular weight is 265 g/mol. The largest absolute Gasteiger partial charge is 0.477 e. The van der Waals surface area contributed by atoms with E-state index in [0.29, 0.717) is 18.8 Å². The van der Waals surface area contributed by atoms with Gasteiger partial charge in [0.1, 0.15) is 5.69 Å². The third kappa shape index (κ3) is 3.94. The van der Waals surface area contributed by atoms with Gasteiger partial charge in [-0.2, -0.15) is 0 Å². The van der Waals surface area contributed by atoms with Crippen LogP contribution < -0.4 is 4.90 Å². The van der Waals surface area contributed by atoms with Gasteiger partial charge in [0.05, 0.1) is 18.4 Å². The van der Waals surface area contributed by atoms with Gasteiger partial charge in [0, 0.05) is 20.1 Å². The molecule has 0 radical (unpaired) electrons. The molecular weight excluding hydrogens is 246 g/mol. The van der Waals surface area contributed by atoms with Crippen molar-refractivity contribution in [1.29, 1.82) is 0 Å². The first kappa shape index (κ1) is 14.9. The molecule has 19 heavy (non-hydrogen) atoms. The number of amides is 1. The summed E-state index contributed by atoms with van der Waals surface area (Å²) in [4.78, 5) is 29.9. The van der Waals surface area contributed by atoms with Gasteiger partial charge in [0.2, 0.25) is 5.91 Å². The van der Waals surface area contributed by atoms with Gasteiger partial charge in [-0.05, 0) is 26.0 Å². The first-order chi connectivity index (χ1) is 8.99. The number of pyridine rings is 1. The Balaban J connectivity index is 2.70. The fourth-order valence-corrected chi connectivity index (χ4v) is 1.71. The summed E-state index contributed by atoms with van der Waals surface area (Å²) in [6.07, 6.45) is 1.46. The minimum absolute atomic E-state index is 0.00720. The Morgan fingerprint density at radius 1 is 1.26 bits per heavy atom. The molecular formula is C13H19N3O3. The zero-order valence-electron chi connectivity index (χ0n) is 11.5. The highest BCUT2D eigenvalue weighted by molar-refractivity contribution is 5.86. The van der Waals surface area contributed by atoms with Crippen LogP contribution in [0.4, 0.5) is 5.69 Å². The van der Waals surface area contributed by atoms with E-state index in [1.54, 1.807) is 22.9 Å². The molecule has 0 spiro atoms. The van der Waals surface area contributed by atoms with E-state index in [1.807, 2.05) is 13.8 Å². The summed E-state index contributed by atoms with van der Waals surface area (Å²) < 4.78 is 0. The fourth-order valence-electron chi connectivity index (χ4n) is 1.71. The van der Waals surface area contributed by atoms with Crippen LogP contribution >= 0.6 is 0 Å². The number of carboxylic acids is 1. The van der Waals surface area contributed by atoms with Gasteiger partial charge in [-0.15, -0.1) is 0 Å². The lowest BCUT2D eigenvalue weighted by atomic mass is 10.3. The number of carbonyl (C=O) groups excluding carboxylic acids is 1. The SMILES string of the molecule is CCN(CC)C(=O)CN(C)c1ccc(C(=O)O)nc1. The van der Waals surface area contributed by atoms with E-state index in [4.69, 9.17) is 5.11 Å². The summed E-state index contributed by atoms with van der Waals surface area (Å²) in [7, 11) is 1.78. The number of likely N-dealkylation sites (N-methyl/N-ethyl adjacent to an activating group) is 2. The van der Waals surface area contributed by atoms with Crippen LogP contribution in [0, 0.1) is 0 Å². The Morgan fingerprint density at radius 2 is 1.89 bits per heavy atom. The maximum atomic E-state index is 11.9. The molecule has 0 bridgehead atoms. The Labute approximate surface area is 112 Å². The van der Waals surface area contributed by atoms with E-state index in [9.17, 15) is 9.59 Å². The first-order valence-electron chi connectivity index (χ1n) is 6.17. The van der Waals surface area contributed by atoms with Crippen molar-refractivity contribution in [2.45, 2.75) is 13.8 Å². The predicted octanol–water partition coefficient (Wildman–Crippen LogP) is 1.08. The fraction of sp³-hybridized carbons (Fsp3) is 0.462. The van der Waals surface area contributed by atoms with Gasteiger partial charge in [0.15, 0.2) is 0 Å². The van der Waals surface area contributed by atoms with E-state index in [2.05, 4.69) is 4.98 Å². The van der Waals surface area contributed by atoms with Crippen molar-refractivity contribution in [3.05, 3.63) is 24.0 Å². The maximum absolute atomic E-state index is 11.9. The van der Waals surface area contributed by atoms with E-state index in [1.165, 1.54) is 12.3 Å². The van der Waals surface area contributed by atoms with Crippen LogP contribution in [-0.2, 0) is 4.79 Å². The monoisotopic (exact) mass is 265 g/mol. The average Bonchev–Trinajstić information content (AvgIpc) is 2.40. The number of nitrogens with zero attached hydrogens (tertiary/aromatic N) is 3. The Morgan fingerprint density at radius 3 is 2.32 bits per heavy atom. The molecule has 1 aromatic heterocycles. The Bertz CT molecular complexity index is 441. The van der Waals surface area contributed by atoms with Gasteiger partial charge in [-0.25, -0.2) is 9.78 Å². The molecule has 0 aromatic carbocycles. The van der Waals surface area contributed by atoms with Crippen molar-refractivity contribution >= 4 is 17.6 Å². The summed E-state index contributed by atoms with van der Waals surface area (Å²) in [5.74, 6) is -1.02. The number of aromatic carboxylic acids is 1. The number of hydrogen-bond acceptors (Lipinski definition) is 4. The van der Waals surface area contributed by atoms with Gasteiger partial charge in [-0.3, -0.25) is 4.79 Å². The number of anilines is 1. The molecule has 104 valence electrons. The number of carboxylic acid groups (broad SMARTS) is 1. The van der Waals surface area contributed by atoms with E-state index >= 15 is 0 Å². The molecule has 0 saturated carbocycles. The van der Waals surface area contributed by atoms with Gasteiger partial charge in [0.25, 0.3) is 0 Å². The standard InChI is InChI=1S/C13H19N3O3/c1-4-16(5-2)12(17)9-15(3)10-6-7-11(13(18)19)14-8-10/h6-8H,4-5,9H2,1-3H3,(H,18,19). The van der Waals surface area contributed by atoms with Gasteiger partial charge >= 0.3 is 5.97 Å². The first-order valence-corrected chi connectivity index (χ1v) is 6.17. The molecule has 6 heteroatoms. The van der Waals surface area contributed by atoms with Crippen molar-refractivity contribution in [3.63, 3.8) is 0 Å². The highest BCUT2D eigenvalue weighted by Crippen LogP contribution is 2.11. The van der Waals surface area contributed by atoms with E-state index in [0.717, 1.165) is 0 Å². The van der Waals surface area contributed by atoms with Gasteiger partial charge < -0.3 is 14.9 Å². The summed E-state index contributed by atoms with van der Waals surface area (Å²) in [6.45, 7) is 5.48. The molecule has 0 fully saturated rings.